The van der Waals surface area contributed by atoms with Gasteiger partial charge in [0.2, 0.25) is 11.8 Å². The van der Waals surface area contributed by atoms with Crippen LogP contribution < -0.4 is 4.74 Å². The van der Waals surface area contributed by atoms with Crippen LogP contribution in [0.5, 0.6) is 5.75 Å². The van der Waals surface area contributed by atoms with Gasteiger partial charge in [0.05, 0.1) is 17.4 Å². The first-order valence-electron chi connectivity index (χ1n) is 12.4. The minimum Gasteiger partial charge on any atom is -0.456 e. The number of nitrogens with zero attached hydrogens (tertiary/aromatic N) is 1. The van der Waals surface area contributed by atoms with Crippen molar-refractivity contribution in [3.8, 4) is 5.75 Å². The third-order valence-electron chi connectivity index (χ3n) is 8.08. The highest BCUT2D eigenvalue weighted by atomic mass is 16.5. The van der Waals surface area contributed by atoms with Crippen molar-refractivity contribution in [2.24, 2.45) is 35.5 Å². The van der Waals surface area contributed by atoms with Gasteiger partial charge in [-0.15, -0.1) is 0 Å². The molecule has 0 aromatic heterocycles. The van der Waals surface area contributed by atoms with Crippen molar-refractivity contribution in [3.63, 3.8) is 0 Å². The van der Waals surface area contributed by atoms with Gasteiger partial charge in [-0.25, -0.2) is 4.79 Å². The number of carbonyl (C=O) groups excluding carboxylic acids is 5. The summed E-state index contributed by atoms with van der Waals surface area (Å²) in [6.07, 6.45) is 5.21. The number of Topliss-reactive ketones (excluding diaryl/α,β-unsaturated/α-hetero) is 1. The molecule has 188 valence electrons. The molecule has 0 spiro atoms. The van der Waals surface area contributed by atoms with Crippen LogP contribution in [0.15, 0.2) is 60.7 Å². The predicted molar refractivity (Wildman–Crippen MR) is 129 cm³/mol. The van der Waals surface area contributed by atoms with Gasteiger partial charge in [-0.05, 0) is 73.4 Å². The van der Waals surface area contributed by atoms with E-state index in [2.05, 4.69) is 12.2 Å². The van der Waals surface area contributed by atoms with Gasteiger partial charge in [0.25, 0.3) is 0 Å². The van der Waals surface area contributed by atoms with Crippen LogP contribution in [0.3, 0.4) is 0 Å². The summed E-state index contributed by atoms with van der Waals surface area (Å²) in [5, 5.41) is 0. The number of imide groups is 1. The van der Waals surface area contributed by atoms with Crippen molar-refractivity contribution in [2.75, 3.05) is 13.2 Å². The van der Waals surface area contributed by atoms with Crippen molar-refractivity contribution >= 4 is 29.5 Å². The lowest BCUT2D eigenvalue weighted by atomic mass is 9.63. The number of hydrogen-bond donors (Lipinski definition) is 0. The third-order valence-corrected chi connectivity index (χ3v) is 8.08. The second-order valence-corrected chi connectivity index (χ2v) is 10.3. The molecule has 0 N–H and O–H groups in total. The van der Waals surface area contributed by atoms with Crippen LogP contribution in [0.1, 0.15) is 32.7 Å². The predicted octanol–water partition coefficient (Wildman–Crippen LogP) is 2.99. The van der Waals surface area contributed by atoms with E-state index >= 15 is 0 Å². The Morgan fingerprint density at radius 3 is 2.00 bits per heavy atom. The number of esters is 2. The number of ether oxygens (including phenoxy) is 2. The molecule has 3 fully saturated rings. The Bertz CT molecular complexity index is 1310. The molecule has 2 amide bonds. The number of ketones is 1. The molecule has 8 heteroatoms. The molecule has 6 atom stereocenters. The van der Waals surface area contributed by atoms with E-state index in [1.807, 2.05) is 19.1 Å². The van der Waals surface area contributed by atoms with Crippen LogP contribution in [0.4, 0.5) is 0 Å². The van der Waals surface area contributed by atoms with E-state index in [1.165, 1.54) is 24.3 Å². The lowest BCUT2D eigenvalue weighted by Gasteiger charge is -2.37. The molecule has 8 nitrogen and oxygen atoms in total. The number of benzene rings is 2. The van der Waals surface area contributed by atoms with E-state index in [-0.39, 0.29) is 46.8 Å². The van der Waals surface area contributed by atoms with Crippen LogP contribution >= 0.6 is 0 Å². The summed E-state index contributed by atoms with van der Waals surface area (Å²) in [5.41, 5.74) is 1.70. The molecule has 6 unspecified atom stereocenters. The van der Waals surface area contributed by atoms with Crippen LogP contribution in [-0.4, -0.2) is 47.6 Å². The largest absolute Gasteiger partial charge is 0.456 e. The average molecular weight is 500 g/mol. The molecule has 2 aromatic rings. The number of amides is 2. The monoisotopic (exact) mass is 499 g/mol. The minimum atomic E-state index is -0.803. The fourth-order valence-corrected chi connectivity index (χ4v) is 6.14. The maximum Gasteiger partial charge on any atom is 0.343 e. The summed E-state index contributed by atoms with van der Waals surface area (Å²) < 4.78 is 10.4. The Hall–Kier alpha value is -4.07. The molecule has 7 rings (SSSR count). The van der Waals surface area contributed by atoms with E-state index in [4.69, 9.17) is 9.47 Å². The molecule has 2 bridgehead atoms. The first-order valence-corrected chi connectivity index (χ1v) is 12.4. The summed E-state index contributed by atoms with van der Waals surface area (Å²) in [6.45, 7) is 0.907. The van der Waals surface area contributed by atoms with Gasteiger partial charge in [0.1, 0.15) is 12.3 Å². The first kappa shape index (κ1) is 23.3. The van der Waals surface area contributed by atoms with Gasteiger partial charge in [-0.1, -0.05) is 29.8 Å². The Balaban J connectivity index is 1.01. The second kappa shape index (κ2) is 8.80. The number of allylic oxidation sites excluding steroid dienone is 2. The number of likely N-dealkylation sites (tertiary alicyclic amines) is 1. The average Bonchev–Trinajstić information content (AvgIpc) is 3.69. The maximum absolute atomic E-state index is 13.0. The number of rotatable bonds is 7. The maximum atomic E-state index is 13.0. The molecule has 5 aliphatic rings. The van der Waals surface area contributed by atoms with E-state index in [9.17, 15) is 24.0 Å². The minimum absolute atomic E-state index is 0.0817. The second-order valence-electron chi connectivity index (χ2n) is 10.3. The van der Waals surface area contributed by atoms with Gasteiger partial charge in [0, 0.05) is 5.56 Å². The van der Waals surface area contributed by atoms with Crippen molar-refractivity contribution in [1.82, 2.24) is 4.90 Å². The fourth-order valence-electron chi connectivity index (χ4n) is 6.14. The third kappa shape index (κ3) is 4.06. The van der Waals surface area contributed by atoms with E-state index in [1.54, 1.807) is 12.1 Å². The number of carbonyl (C=O) groups is 5. The van der Waals surface area contributed by atoms with Crippen LogP contribution in [0.25, 0.3) is 0 Å². The normalized spacial score (nSPS) is 28.5. The Kier molecular flexibility index (Phi) is 5.55. The van der Waals surface area contributed by atoms with Crippen molar-refractivity contribution in [2.45, 2.75) is 13.3 Å². The van der Waals surface area contributed by atoms with Crippen molar-refractivity contribution in [3.05, 3.63) is 77.4 Å². The zero-order chi connectivity index (χ0) is 25.8. The van der Waals surface area contributed by atoms with Crippen LogP contribution in [0, 0.1) is 42.4 Å². The molecule has 2 aromatic carbocycles. The molecule has 1 aliphatic heterocycles. The molecular weight excluding hydrogens is 474 g/mol. The van der Waals surface area contributed by atoms with E-state index in [0.717, 1.165) is 16.9 Å². The van der Waals surface area contributed by atoms with Gasteiger partial charge >= 0.3 is 11.9 Å². The van der Waals surface area contributed by atoms with E-state index in [0.29, 0.717) is 17.4 Å². The summed E-state index contributed by atoms with van der Waals surface area (Å²) in [4.78, 5) is 64.1. The van der Waals surface area contributed by atoms with Gasteiger partial charge in [-0.2, -0.15) is 0 Å². The summed E-state index contributed by atoms with van der Waals surface area (Å²) in [6, 6.07) is 12.9. The molecule has 37 heavy (non-hydrogen) atoms. The highest BCUT2D eigenvalue weighted by Gasteiger charge is 2.67. The zero-order valence-corrected chi connectivity index (χ0v) is 20.2. The summed E-state index contributed by atoms with van der Waals surface area (Å²) in [5.74, 6) is -1.74. The number of hydrogen-bond acceptors (Lipinski definition) is 7. The van der Waals surface area contributed by atoms with Gasteiger partial charge in [0.15, 0.2) is 12.4 Å². The molecular formula is C29H25NO7. The topological polar surface area (TPSA) is 107 Å². The quantitative estimate of drug-likeness (QED) is 0.190. The first-order chi connectivity index (χ1) is 17.8. The Labute approximate surface area is 213 Å². The lowest BCUT2D eigenvalue weighted by molar-refractivity contribution is -0.152. The fraction of sp³-hybridized carbons (Fsp3) is 0.345. The Morgan fingerprint density at radius 1 is 0.838 bits per heavy atom. The van der Waals surface area contributed by atoms with E-state index < -0.39 is 30.9 Å². The van der Waals surface area contributed by atoms with Crippen molar-refractivity contribution in [1.29, 1.82) is 0 Å². The number of aryl methyl sites for hydroxylation is 1. The molecule has 1 heterocycles. The molecule has 1 saturated heterocycles. The van der Waals surface area contributed by atoms with Gasteiger partial charge in [-0.3, -0.25) is 24.1 Å². The molecule has 0 radical (unpaired) electrons. The summed E-state index contributed by atoms with van der Waals surface area (Å²) >= 11 is 0. The lowest BCUT2D eigenvalue weighted by Crippen LogP contribution is -2.40. The SMILES string of the molecule is Cc1ccc(C(=O)Oc2ccc(C(=O)COC(=O)CN3C(=O)C4C5C=CC(C6CC56)C4C3=O)cc2)cc1. The standard InChI is InChI=1S/C29H25NO7/c1-15-2-4-17(5-3-15)29(35)37-18-8-6-16(7-9-18)23(31)14-36-24(32)13-30-27(33)25-19-10-11-20(22-12-21(19)22)26(25)28(30)34/h2-11,19-22,25-26H,12-14H2,1H3. The summed E-state index contributed by atoms with van der Waals surface area (Å²) in [7, 11) is 0. The highest BCUT2D eigenvalue weighted by molar-refractivity contribution is 6.08. The molecule has 2 saturated carbocycles. The van der Waals surface area contributed by atoms with Crippen molar-refractivity contribution < 1.29 is 33.4 Å². The van der Waals surface area contributed by atoms with Gasteiger partial charge < -0.3 is 9.47 Å². The zero-order valence-electron chi connectivity index (χ0n) is 20.2. The van der Waals surface area contributed by atoms with Crippen LogP contribution in [-0.2, 0) is 19.1 Å². The molecule has 4 aliphatic carbocycles. The highest BCUT2D eigenvalue weighted by Crippen LogP contribution is 2.65. The Morgan fingerprint density at radius 2 is 1.41 bits per heavy atom. The smallest absolute Gasteiger partial charge is 0.343 e. The van der Waals surface area contributed by atoms with Crippen LogP contribution in [0.2, 0.25) is 0 Å².